The number of benzene rings is 2. The van der Waals surface area contributed by atoms with Crippen LogP contribution in [-0.4, -0.2) is 31.7 Å². The minimum absolute atomic E-state index is 0.0974. The molecule has 0 fully saturated rings. The summed E-state index contributed by atoms with van der Waals surface area (Å²) in [5.41, 5.74) is 3.24. The molecule has 0 saturated heterocycles. The van der Waals surface area contributed by atoms with Gasteiger partial charge in [0.15, 0.2) is 24.2 Å². The summed E-state index contributed by atoms with van der Waals surface area (Å²) in [6, 6.07) is 12.6. The zero-order chi connectivity index (χ0) is 22.1. The lowest BCUT2D eigenvalue weighted by atomic mass is 10.1. The molecular weight excluding hydrogens is 384 g/mol. The molecule has 0 spiro atoms. The fourth-order valence-electron chi connectivity index (χ4n) is 2.68. The lowest BCUT2D eigenvalue weighted by Gasteiger charge is -2.15. The largest absolute Gasteiger partial charge is 0.493 e. The van der Waals surface area contributed by atoms with Gasteiger partial charge in [0.05, 0.1) is 7.11 Å². The number of ether oxygens (including phenoxy) is 3. The topological polar surface area (TPSA) is 97.7 Å². The average Bonchev–Trinajstić information content (AvgIpc) is 2.73. The van der Waals surface area contributed by atoms with Gasteiger partial charge < -0.3 is 19.5 Å². The lowest BCUT2D eigenvalue weighted by molar-refractivity contribution is -0.148. The number of carbonyl (C=O) groups is 2. The van der Waals surface area contributed by atoms with Crippen LogP contribution in [0.4, 0.5) is 5.69 Å². The van der Waals surface area contributed by atoms with Crippen molar-refractivity contribution in [2.24, 2.45) is 0 Å². The van der Waals surface area contributed by atoms with Gasteiger partial charge in [-0.15, -0.1) is 0 Å². The minimum Gasteiger partial charge on any atom is -0.493 e. The fraction of sp³-hybridized carbons (Fsp3) is 0.261. The second kappa shape index (κ2) is 10.7. The van der Waals surface area contributed by atoms with Crippen LogP contribution < -0.4 is 14.8 Å². The number of aryl methyl sites for hydroxylation is 2. The highest BCUT2D eigenvalue weighted by atomic mass is 16.5. The number of methoxy groups -OCH3 is 1. The van der Waals surface area contributed by atoms with E-state index >= 15 is 0 Å². The van der Waals surface area contributed by atoms with Crippen LogP contribution in [0.5, 0.6) is 11.5 Å². The number of hydrogen-bond donors (Lipinski definition) is 1. The molecule has 0 radical (unpaired) electrons. The van der Waals surface area contributed by atoms with E-state index in [1.54, 1.807) is 18.2 Å². The lowest BCUT2D eigenvalue weighted by Crippen LogP contribution is -2.30. The first kappa shape index (κ1) is 22.5. The molecule has 0 unspecified atom stereocenters. The SMILES string of the molecule is COc1cc(/C=C/C(=O)O[C@@H](C)C(=O)Nc2c(C)cccc2C)ccc1OCC#N. The third-order valence-electron chi connectivity index (χ3n) is 4.28. The van der Waals surface area contributed by atoms with Gasteiger partial charge >= 0.3 is 5.97 Å². The molecule has 2 aromatic rings. The maximum Gasteiger partial charge on any atom is 0.331 e. The highest BCUT2D eigenvalue weighted by molar-refractivity contribution is 5.97. The Bertz CT molecular complexity index is 971. The number of nitriles is 1. The van der Waals surface area contributed by atoms with Crippen LogP contribution in [-0.2, 0) is 14.3 Å². The Hall–Kier alpha value is -3.79. The Morgan fingerprint density at radius 3 is 2.50 bits per heavy atom. The monoisotopic (exact) mass is 408 g/mol. The predicted octanol–water partition coefficient (Wildman–Crippen LogP) is 3.80. The van der Waals surface area contributed by atoms with Gasteiger partial charge in [0.1, 0.15) is 6.07 Å². The molecule has 0 aliphatic carbocycles. The van der Waals surface area contributed by atoms with Crippen LogP contribution in [0.2, 0.25) is 0 Å². The van der Waals surface area contributed by atoms with E-state index < -0.39 is 18.0 Å². The second-order valence-electron chi connectivity index (χ2n) is 6.53. The van der Waals surface area contributed by atoms with Crippen molar-refractivity contribution in [2.75, 3.05) is 19.0 Å². The Morgan fingerprint density at radius 2 is 1.87 bits per heavy atom. The molecule has 156 valence electrons. The highest BCUT2D eigenvalue weighted by Crippen LogP contribution is 2.28. The van der Waals surface area contributed by atoms with E-state index in [4.69, 9.17) is 19.5 Å². The van der Waals surface area contributed by atoms with E-state index in [2.05, 4.69) is 5.32 Å². The average molecular weight is 408 g/mol. The standard InChI is InChI=1S/C23H24N2O5/c1-15-6-5-7-16(2)22(15)25-23(27)17(3)30-21(26)11-9-18-8-10-19(29-13-12-24)20(14-18)28-4/h5-11,14,17H,13H2,1-4H3,(H,25,27)/b11-9+/t17-/m0/s1. The molecule has 0 aliphatic rings. The number of rotatable bonds is 8. The molecule has 2 aromatic carbocycles. The molecule has 2 rings (SSSR count). The molecular formula is C23H24N2O5. The Labute approximate surface area is 175 Å². The van der Waals surface area contributed by atoms with Gasteiger partial charge in [0, 0.05) is 11.8 Å². The number of carbonyl (C=O) groups excluding carboxylic acids is 2. The van der Waals surface area contributed by atoms with Crippen LogP contribution in [0.1, 0.15) is 23.6 Å². The first-order valence-corrected chi connectivity index (χ1v) is 9.29. The molecule has 7 heteroatoms. The molecule has 0 aromatic heterocycles. The number of esters is 1. The number of nitrogens with zero attached hydrogens (tertiary/aromatic N) is 1. The third kappa shape index (κ3) is 6.11. The van der Waals surface area contributed by atoms with Crippen LogP contribution in [0.3, 0.4) is 0 Å². The normalized spacial score (nSPS) is 11.4. The van der Waals surface area contributed by atoms with E-state index in [-0.39, 0.29) is 6.61 Å². The van der Waals surface area contributed by atoms with Crippen molar-refractivity contribution >= 4 is 23.6 Å². The van der Waals surface area contributed by atoms with E-state index in [9.17, 15) is 9.59 Å². The summed E-state index contributed by atoms with van der Waals surface area (Å²) in [7, 11) is 1.48. The summed E-state index contributed by atoms with van der Waals surface area (Å²) in [6.45, 7) is 5.21. The summed E-state index contributed by atoms with van der Waals surface area (Å²) in [6.07, 6.45) is 1.81. The zero-order valence-electron chi connectivity index (χ0n) is 17.4. The van der Waals surface area contributed by atoms with E-state index in [1.807, 2.05) is 38.1 Å². The molecule has 1 amide bonds. The van der Waals surface area contributed by atoms with Crippen LogP contribution in [0, 0.1) is 25.2 Å². The van der Waals surface area contributed by atoms with Crippen LogP contribution >= 0.6 is 0 Å². The van der Waals surface area contributed by atoms with E-state index in [0.717, 1.165) is 11.1 Å². The van der Waals surface area contributed by atoms with E-state index in [1.165, 1.54) is 26.2 Å². The number of hydrogen-bond acceptors (Lipinski definition) is 6. The Balaban J connectivity index is 1.98. The predicted molar refractivity (Wildman–Crippen MR) is 113 cm³/mol. The smallest absolute Gasteiger partial charge is 0.331 e. The van der Waals surface area contributed by atoms with Crippen molar-refractivity contribution in [3.63, 3.8) is 0 Å². The number of para-hydroxylation sites is 1. The van der Waals surface area contributed by atoms with Gasteiger partial charge in [-0.2, -0.15) is 5.26 Å². The van der Waals surface area contributed by atoms with Crippen LogP contribution in [0.15, 0.2) is 42.5 Å². The number of anilines is 1. The van der Waals surface area contributed by atoms with E-state index in [0.29, 0.717) is 22.7 Å². The fourth-order valence-corrected chi connectivity index (χ4v) is 2.68. The van der Waals surface area contributed by atoms with Crippen LogP contribution in [0.25, 0.3) is 6.08 Å². The van der Waals surface area contributed by atoms with Gasteiger partial charge in [-0.3, -0.25) is 4.79 Å². The summed E-state index contributed by atoms with van der Waals surface area (Å²) in [5.74, 6) is -0.199. The summed E-state index contributed by atoms with van der Waals surface area (Å²) in [5, 5.41) is 11.4. The second-order valence-corrected chi connectivity index (χ2v) is 6.53. The van der Waals surface area contributed by atoms with Gasteiger partial charge in [0.25, 0.3) is 5.91 Å². The van der Waals surface area contributed by atoms with Crippen molar-refractivity contribution in [3.05, 3.63) is 59.2 Å². The summed E-state index contributed by atoms with van der Waals surface area (Å²) < 4.78 is 15.7. The Morgan fingerprint density at radius 1 is 1.17 bits per heavy atom. The van der Waals surface area contributed by atoms with Gasteiger partial charge in [-0.1, -0.05) is 24.3 Å². The number of nitrogens with one attached hydrogen (secondary N) is 1. The Kier molecular flexibility index (Phi) is 8.00. The first-order valence-electron chi connectivity index (χ1n) is 9.29. The molecule has 30 heavy (non-hydrogen) atoms. The summed E-state index contributed by atoms with van der Waals surface area (Å²) in [4.78, 5) is 24.5. The molecule has 1 atom stereocenters. The zero-order valence-corrected chi connectivity index (χ0v) is 17.4. The minimum atomic E-state index is -0.961. The summed E-state index contributed by atoms with van der Waals surface area (Å²) >= 11 is 0. The molecule has 0 bridgehead atoms. The molecule has 0 heterocycles. The van der Waals surface area contributed by atoms with Crippen molar-refractivity contribution in [2.45, 2.75) is 26.9 Å². The quantitative estimate of drug-likeness (QED) is 0.527. The van der Waals surface area contributed by atoms with Gasteiger partial charge in [-0.25, -0.2) is 4.79 Å². The van der Waals surface area contributed by atoms with Crippen molar-refractivity contribution in [1.82, 2.24) is 0 Å². The molecule has 0 aliphatic heterocycles. The maximum absolute atomic E-state index is 12.4. The molecule has 7 nitrogen and oxygen atoms in total. The van der Waals surface area contributed by atoms with Crippen molar-refractivity contribution < 1.29 is 23.8 Å². The van der Waals surface area contributed by atoms with Crippen molar-refractivity contribution in [1.29, 1.82) is 5.26 Å². The first-order chi connectivity index (χ1) is 14.3. The third-order valence-corrected chi connectivity index (χ3v) is 4.28. The molecule has 1 N–H and O–H groups in total. The molecule has 0 saturated carbocycles. The number of amides is 1. The maximum atomic E-state index is 12.4. The highest BCUT2D eigenvalue weighted by Gasteiger charge is 2.18. The van der Waals surface area contributed by atoms with Crippen molar-refractivity contribution in [3.8, 4) is 17.6 Å². The van der Waals surface area contributed by atoms with Gasteiger partial charge in [0.2, 0.25) is 0 Å². The van der Waals surface area contributed by atoms with Gasteiger partial charge in [-0.05, 0) is 55.7 Å².